The molecular weight excluding hydrogens is 400 g/mol. The highest BCUT2D eigenvalue weighted by Gasteiger charge is 2.13. The van der Waals surface area contributed by atoms with E-state index in [9.17, 15) is 0 Å². The Balaban J connectivity index is 1.53. The van der Waals surface area contributed by atoms with Gasteiger partial charge in [-0.05, 0) is 43.3 Å². The van der Waals surface area contributed by atoms with Gasteiger partial charge in [-0.15, -0.1) is 10.2 Å². The smallest absolute Gasteiger partial charge is 0.247 e. The lowest BCUT2D eigenvalue weighted by Crippen LogP contribution is -1.96. The highest BCUT2D eigenvalue weighted by Crippen LogP contribution is 2.27. The monoisotopic (exact) mass is 414 g/mol. The van der Waals surface area contributed by atoms with E-state index in [1.165, 1.54) is 0 Å². The first-order valence-corrected chi connectivity index (χ1v) is 9.69. The Labute approximate surface area is 157 Å². The van der Waals surface area contributed by atoms with Crippen LogP contribution in [0.2, 0.25) is 0 Å². The normalized spacial score (nSPS) is 11.3. The number of thioether (sulfide) groups is 1. The molecule has 0 aliphatic heterocycles. The number of rotatable bonds is 5. The Bertz CT molecular complexity index is 1010. The van der Waals surface area contributed by atoms with Gasteiger partial charge in [0, 0.05) is 16.6 Å². The number of hydrogen-bond donors (Lipinski definition) is 0. The summed E-state index contributed by atoms with van der Waals surface area (Å²) >= 11 is 5.03. The second kappa shape index (κ2) is 7.01. The Morgan fingerprint density at radius 2 is 1.88 bits per heavy atom. The number of hydrogen-bond acceptors (Lipinski definition) is 5. The highest BCUT2D eigenvalue weighted by molar-refractivity contribution is 9.10. The van der Waals surface area contributed by atoms with Crippen LogP contribution in [0.1, 0.15) is 12.8 Å². The zero-order valence-electron chi connectivity index (χ0n) is 13.5. The zero-order valence-corrected chi connectivity index (χ0v) is 15.9. The van der Waals surface area contributed by atoms with Crippen LogP contribution in [0, 0.1) is 0 Å². The first kappa shape index (κ1) is 16.4. The van der Waals surface area contributed by atoms with Gasteiger partial charge in [-0.25, -0.2) is 4.98 Å². The van der Waals surface area contributed by atoms with E-state index in [1.807, 2.05) is 42.5 Å². The largest absolute Gasteiger partial charge is 0.420 e. The molecule has 0 aliphatic rings. The molecule has 0 N–H and O–H groups in total. The third-order valence-corrected chi connectivity index (χ3v) is 5.31. The van der Waals surface area contributed by atoms with E-state index in [0.29, 0.717) is 17.5 Å². The minimum atomic E-state index is 0.534. The van der Waals surface area contributed by atoms with Crippen LogP contribution >= 0.6 is 27.7 Å². The summed E-state index contributed by atoms with van der Waals surface area (Å²) in [6, 6.07) is 16.0. The van der Waals surface area contributed by atoms with Gasteiger partial charge in [-0.3, -0.25) is 0 Å². The Kier molecular flexibility index (Phi) is 4.59. The van der Waals surface area contributed by atoms with Crippen molar-refractivity contribution < 1.29 is 4.42 Å². The maximum Gasteiger partial charge on any atom is 0.247 e. The molecule has 0 saturated carbocycles. The number of imidazole rings is 1. The van der Waals surface area contributed by atoms with Crippen LogP contribution in [0.25, 0.3) is 22.5 Å². The molecule has 5 nitrogen and oxygen atoms in total. The van der Waals surface area contributed by atoms with Gasteiger partial charge in [0.05, 0.1) is 16.8 Å². The van der Waals surface area contributed by atoms with Crippen molar-refractivity contribution in [1.29, 1.82) is 0 Å². The van der Waals surface area contributed by atoms with Crippen LogP contribution in [0.15, 0.2) is 62.6 Å². The maximum atomic E-state index is 5.78. The summed E-state index contributed by atoms with van der Waals surface area (Å²) in [7, 11) is 0. The second-order valence-corrected chi connectivity index (χ2v) is 7.28. The van der Waals surface area contributed by atoms with Gasteiger partial charge in [0.1, 0.15) is 0 Å². The van der Waals surface area contributed by atoms with Crippen molar-refractivity contribution in [2.45, 2.75) is 24.4 Å². The minimum absolute atomic E-state index is 0.534. The van der Waals surface area contributed by atoms with Crippen molar-refractivity contribution in [2.75, 3.05) is 0 Å². The lowest BCUT2D eigenvalue weighted by atomic mass is 10.2. The first-order chi connectivity index (χ1) is 12.2. The van der Waals surface area contributed by atoms with E-state index in [-0.39, 0.29) is 0 Å². The molecule has 0 amide bonds. The van der Waals surface area contributed by atoms with Gasteiger partial charge in [0.15, 0.2) is 5.16 Å². The van der Waals surface area contributed by atoms with Crippen molar-refractivity contribution in [3.05, 3.63) is 58.9 Å². The number of aryl methyl sites for hydroxylation is 1. The average molecular weight is 415 g/mol. The van der Waals surface area contributed by atoms with Gasteiger partial charge in [0.25, 0.3) is 0 Å². The van der Waals surface area contributed by atoms with Gasteiger partial charge in [-0.1, -0.05) is 39.8 Å². The number of halogens is 1. The Morgan fingerprint density at radius 3 is 2.68 bits per heavy atom. The van der Waals surface area contributed by atoms with Crippen LogP contribution in [0.3, 0.4) is 0 Å². The summed E-state index contributed by atoms with van der Waals surface area (Å²) in [5.74, 6) is 1.72. The molecule has 25 heavy (non-hydrogen) atoms. The molecule has 126 valence electrons. The maximum absolute atomic E-state index is 5.78. The van der Waals surface area contributed by atoms with E-state index < -0.39 is 0 Å². The third kappa shape index (κ3) is 3.34. The fourth-order valence-electron chi connectivity index (χ4n) is 2.62. The lowest BCUT2D eigenvalue weighted by molar-refractivity contribution is 0.528. The number of benzene rings is 2. The molecule has 0 atom stereocenters. The highest BCUT2D eigenvalue weighted by atomic mass is 79.9. The fourth-order valence-corrected chi connectivity index (χ4v) is 3.80. The number of fused-ring (bicyclic) bond motifs is 1. The Morgan fingerprint density at radius 1 is 1.08 bits per heavy atom. The third-order valence-electron chi connectivity index (χ3n) is 3.82. The summed E-state index contributed by atoms with van der Waals surface area (Å²) in [6.45, 7) is 2.99. The summed E-state index contributed by atoms with van der Waals surface area (Å²) in [4.78, 5) is 4.70. The summed E-state index contributed by atoms with van der Waals surface area (Å²) in [6.07, 6.45) is 0. The molecule has 0 fully saturated rings. The lowest BCUT2D eigenvalue weighted by Gasteiger charge is -2.03. The first-order valence-electron chi connectivity index (χ1n) is 7.91. The second-order valence-electron chi connectivity index (χ2n) is 5.42. The predicted molar refractivity (Wildman–Crippen MR) is 102 cm³/mol. The van der Waals surface area contributed by atoms with E-state index in [0.717, 1.165) is 32.8 Å². The molecule has 2 heterocycles. The molecule has 2 aromatic heterocycles. The van der Waals surface area contributed by atoms with Gasteiger partial charge >= 0.3 is 0 Å². The molecule has 0 unspecified atom stereocenters. The molecular formula is C18H15BrN4OS. The van der Waals surface area contributed by atoms with Crippen LogP contribution in [0.4, 0.5) is 0 Å². The summed E-state index contributed by atoms with van der Waals surface area (Å²) in [5, 5.41) is 9.26. The van der Waals surface area contributed by atoms with Crippen molar-refractivity contribution >= 4 is 38.7 Å². The molecule has 2 aromatic carbocycles. The molecule has 0 saturated heterocycles. The van der Waals surface area contributed by atoms with Crippen molar-refractivity contribution in [2.24, 2.45) is 0 Å². The van der Waals surface area contributed by atoms with E-state index >= 15 is 0 Å². The number of para-hydroxylation sites is 2. The number of aromatic nitrogens is 4. The zero-order chi connectivity index (χ0) is 17.2. The standard InChI is InChI=1S/C18H15BrN4OS/c1-2-23-15-6-4-3-5-14(15)20-18(23)25-11-16-21-22-17(24-16)12-7-9-13(19)10-8-12/h3-10H,2,11H2,1H3. The van der Waals surface area contributed by atoms with Gasteiger partial charge in [-0.2, -0.15) is 0 Å². The van der Waals surface area contributed by atoms with Crippen LogP contribution in [-0.2, 0) is 12.3 Å². The molecule has 7 heteroatoms. The van der Waals surface area contributed by atoms with Crippen LogP contribution < -0.4 is 0 Å². The van der Waals surface area contributed by atoms with Crippen LogP contribution in [-0.4, -0.2) is 19.7 Å². The van der Waals surface area contributed by atoms with E-state index in [1.54, 1.807) is 11.8 Å². The topological polar surface area (TPSA) is 56.7 Å². The van der Waals surface area contributed by atoms with Crippen molar-refractivity contribution in [1.82, 2.24) is 19.7 Å². The quantitative estimate of drug-likeness (QED) is 0.422. The number of nitrogens with zero attached hydrogens (tertiary/aromatic N) is 4. The minimum Gasteiger partial charge on any atom is -0.420 e. The molecule has 0 bridgehead atoms. The Hall–Kier alpha value is -2.12. The van der Waals surface area contributed by atoms with Crippen molar-refractivity contribution in [3.63, 3.8) is 0 Å². The average Bonchev–Trinajstić information content (AvgIpc) is 3.24. The molecule has 4 aromatic rings. The predicted octanol–water partition coefficient (Wildman–Crippen LogP) is 5.16. The van der Waals surface area contributed by atoms with Crippen molar-refractivity contribution in [3.8, 4) is 11.5 Å². The van der Waals surface area contributed by atoms with Gasteiger partial charge in [0.2, 0.25) is 11.8 Å². The molecule has 4 rings (SSSR count). The molecule has 0 aliphatic carbocycles. The van der Waals surface area contributed by atoms with E-state index in [4.69, 9.17) is 9.40 Å². The molecule has 0 radical (unpaired) electrons. The fraction of sp³-hybridized carbons (Fsp3) is 0.167. The summed E-state index contributed by atoms with van der Waals surface area (Å²) in [5.41, 5.74) is 3.06. The van der Waals surface area contributed by atoms with Gasteiger partial charge < -0.3 is 8.98 Å². The SMILES string of the molecule is CCn1c(SCc2nnc(-c3ccc(Br)cc3)o2)nc2ccccc21. The molecule has 0 spiro atoms. The van der Waals surface area contributed by atoms with Crippen LogP contribution in [0.5, 0.6) is 0 Å². The van der Waals surface area contributed by atoms with E-state index in [2.05, 4.69) is 43.7 Å². The summed E-state index contributed by atoms with van der Waals surface area (Å²) < 4.78 is 9.00.